The first-order chi connectivity index (χ1) is 9.75. The summed E-state index contributed by atoms with van der Waals surface area (Å²) >= 11 is 0. The monoisotopic (exact) mass is 308 g/mol. The summed E-state index contributed by atoms with van der Waals surface area (Å²) in [5.74, 6) is 0.136. The molecule has 1 saturated carbocycles. The smallest absolute Gasteiger partial charge is 0.231 e. The molecule has 0 aliphatic heterocycles. The molecule has 4 heteroatoms. The van der Waals surface area contributed by atoms with Gasteiger partial charge >= 0.3 is 0 Å². The zero-order valence-electron chi connectivity index (χ0n) is 12.5. The Labute approximate surface area is 133 Å². The Hall–Kier alpha value is -1.06. The van der Waals surface area contributed by atoms with E-state index in [1.54, 1.807) is 0 Å². The third-order valence-corrected chi connectivity index (χ3v) is 5.08. The Kier molecular flexibility index (Phi) is 5.28. The topological polar surface area (TPSA) is 55.1 Å². The number of anilines is 1. The second-order valence-electron chi connectivity index (χ2n) is 6.30. The van der Waals surface area contributed by atoms with Crippen LogP contribution in [0.5, 0.6) is 0 Å². The van der Waals surface area contributed by atoms with E-state index in [0.29, 0.717) is 6.54 Å². The van der Waals surface area contributed by atoms with Crippen molar-refractivity contribution in [2.45, 2.75) is 51.4 Å². The van der Waals surface area contributed by atoms with Crippen LogP contribution in [0.25, 0.3) is 0 Å². The Balaban J connectivity index is 0.00000161. The highest BCUT2D eigenvalue weighted by Crippen LogP contribution is 2.39. The van der Waals surface area contributed by atoms with Gasteiger partial charge in [0, 0.05) is 12.2 Å². The largest absolute Gasteiger partial charge is 0.329 e. The van der Waals surface area contributed by atoms with Crippen LogP contribution in [0.4, 0.5) is 5.69 Å². The van der Waals surface area contributed by atoms with Gasteiger partial charge < -0.3 is 11.1 Å². The number of carbonyl (C=O) groups excluding carboxylic acids is 1. The Morgan fingerprint density at radius 1 is 1.14 bits per heavy atom. The molecule has 21 heavy (non-hydrogen) atoms. The van der Waals surface area contributed by atoms with Gasteiger partial charge in [0.1, 0.15) is 0 Å². The van der Waals surface area contributed by atoms with E-state index in [1.165, 1.54) is 24.0 Å². The lowest BCUT2D eigenvalue weighted by atomic mass is 9.84. The lowest BCUT2D eigenvalue weighted by Gasteiger charge is -2.27. The second kappa shape index (κ2) is 6.80. The number of hydrogen-bond acceptors (Lipinski definition) is 2. The van der Waals surface area contributed by atoms with Gasteiger partial charge in [-0.1, -0.05) is 25.0 Å². The summed E-state index contributed by atoms with van der Waals surface area (Å²) in [6.07, 6.45) is 8.82. The van der Waals surface area contributed by atoms with Crippen LogP contribution in [-0.4, -0.2) is 12.5 Å². The number of halogens is 1. The average molecular weight is 309 g/mol. The zero-order chi connectivity index (χ0) is 14.0. The number of aryl methyl sites for hydroxylation is 1. The highest BCUT2D eigenvalue weighted by Gasteiger charge is 2.40. The molecule has 1 aromatic carbocycles. The van der Waals surface area contributed by atoms with Crippen LogP contribution in [0.1, 0.15) is 49.7 Å². The molecule has 116 valence electrons. The van der Waals surface area contributed by atoms with Gasteiger partial charge in [-0.25, -0.2) is 0 Å². The second-order valence-corrected chi connectivity index (χ2v) is 6.30. The lowest BCUT2D eigenvalue weighted by Crippen LogP contribution is -2.40. The number of amides is 1. The standard InChI is InChI=1S/C17H24N2O.ClH/c18-12-17(10-3-4-11-17)16(20)19-15-9-5-7-13-6-1-2-8-14(13)15;/h5,7,9H,1-4,6,8,10-12,18H2,(H,19,20);1H. The average Bonchev–Trinajstić information content (AvgIpc) is 2.98. The molecule has 0 aromatic heterocycles. The van der Waals surface area contributed by atoms with Crippen molar-refractivity contribution in [3.05, 3.63) is 29.3 Å². The van der Waals surface area contributed by atoms with Crippen LogP contribution in [-0.2, 0) is 17.6 Å². The minimum Gasteiger partial charge on any atom is -0.329 e. The number of rotatable bonds is 3. The molecule has 3 rings (SSSR count). The quantitative estimate of drug-likeness (QED) is 0.898. The van der Waals surface area contributed by atoms with Crippen molar-refractivity contribution in [1.82, 2.24) is 0 Å². The van der Waals surface area contributed by atoms with Crippen molar-refractivity contribution in [3.63, 3.8) is 0 Å². The Bertz CT molecular complexity index is 510. The molecular formula is C17H25ClN2O. The molecule has 3 nitrogen and oxygen atoms in total. The minimum atomic E-state index is -0.322. The Morgan fingerprint density at radius 2 is 1.86 bits per heavy atom. The highest BCUT2D eigenvalue weighted by molar-refractivity contribution is 5.96. The number of nitrogens with one attached hydrogen (secondary N) is 1. The van der Waals surface area contributed by atoms with Crippen LogP contribution in [0, 0.1) is 5.41 Å². The van der Waals surface area contributed by atoms with Gasteiger partial charge in [0.2, 0.25) is 5.91 Å². The molecule has 0 atom stereocenters. The van der Waals surface area contributed by atoms with Crippen LogP contribution in [0.2, 0.25) is 0 Å². The maximum Gasteiger partial charge on any atom is 0.231 e. The molecular weight excluding hydrogens is 284 g/mol. The van der Waals surface area contributed by atoms with E-state index in [1.807, 2.05) is 6.07 Å². The molecule has 1 fully saturated rings. The minimum absolute atomic E-state index is 0. The number of benzene rings is 1. The molecule has 1 aromatic rings. The van der Waals surface area contributed by atoms with E-state index in [0.717, 1.165) is 44.2 Å². The molecule has 0 saturated heterocycles. The van der Waals surface area contributed by atoms with E-state index in [9.17, 15) is 4.79 Å². The van der Waals surface area contributed by atoms with E-state index in [-0.39, 0.29) is 23.7 Å². The summed E-state index contributed by atoms with van der Waals surface area (Å²) < 4.78 is 0. The first-order valence-electron chi connectivity index (χ1n) is 7.87. The van der Waals surface area contributed by atoms with Crippen molar-refractivity contribution in [2.24, 2.45) is 11.1 Å². The summed E-state index contributed by atoms with van der Waals surface area (Å²) in [4.78, 5) is 12.7. The van der Waals surface area contributed by atoms with Gasteiger partial charge in [0.05, 0.1) is 5.41 Å². The fourth-order valence-corrected chi connectivity index (χ4v) is 3.73. The molecule has 2 aliphatic rings. The van der Waals surface area contributed by atoms with Crippen molar-refractivity contribution < 1.29 is 4.79 Å². The summed E-state index contributed by atoms with van der Waals surface area (Å²) in [5, 5.41) is 3.18. The molecule has 0 radical (unpaired) electrons. The normalized spacial score (nSPS) is 19.5. The van der Waals surface area contributed by atoms with E-state index in [2.05, 4.69) is 17.4 Å². The first kappa shape index (κ1) is 16.3. The SMILES string of the molecule is Cl.NCC1(C(=O)Nc2cccc3c2CCCC3)CCCC1. The van der Waals surface area contributed by atoms with E-state index < -0.39 is 0 Å². The molecule has 0 spiro atoms. The third-order valence-electron chi connectivity index (χ3n) is 5.08. The van der Waals surface area contributed by atoms with Crippen molar-refractivity contribution in [2.75, 3.05) is 11.9 Å². The number of nitrogens with two attached hydrogens (primary N) is 1. The van der Waals surface area contributed by atoms with Gasteiger partial charge in [0.25, 0.3) is 0 Å². The van der Waals surface area contributed by atoms with Gasteiger partial charge in [-0.05, 0) is 55.7 Å². The molecule has 0 heterocycles. The van der Waals surface area contributed by atoms with Gasteiger partial charge in [-0.15, -0.1) is 12.4 Å². The van der Waals surface area contributed by atoms with Crippen molar-refractivity contribution in [1.29, 1.82) is 0 Å². The maximum atomic E-state index is 12.7. The molecule has 3 N–H and O–H groups in total. The number of fused-ring (bicyclic) bond motifs is 1. The van der Waals surface area contributed by atoms with Gasteiger partial charge in [-0.3, -0.25) is 4.79 Å². The van der Waals surface area contributed by atoms with Crippen LogP contribution < -0.4 is 11.1 Å². The van der Waals surface area contributed by atoms with E-state index in [4.69, 9.17) is 5.73 Å². The predicted octanol–water partition coefficient (Wildman–Crippen LogP) is 3.44. The van der Waals surface area contributed by atoms with Crippen molar-refractivity contribution in [3.8, 4) is 0 Å². The van der Waals surface area contributed by atoms with Gasteiger partial charge in [-0.2, -0.15) is 0 Å². The first-order valence-corrected chi connectivity index (χ1v) is 7.87. The molecule has 1 amide bonds. The van der Waals surface area contributed by atoms with Crippen LogP contribution in [0.15, 0.2) is 18.2 Å². The predicted molar refractivity (Wildman–Crippen MR) is 88.9 cm³/mol. The van der Waals surface area contributed by atoms with Crippen molar-refractivity contribution >= 4 is 24.0 Å². The third kappa shape index (κ3) is 3.09. The fraction of sp³-hybridized carbons (Fsp3) is 0.588. The number of hydrogen-bond donors (Lipinski definition) is 2. The van der Waals surface area contributed by atoms with E-state index >= 15 is 0 Å². The molecule has 2 aliphatic carbocycles. The highest BCUT2D eigenvalue weighted by atomic mass is 35.5. The molecule has 0 bridgehead atoms. The van der Waals surface area contributed by atoms with Crippen LogP contribution >= 0.6 is 12.4 Å². The zero-order valence-corrected chi connectivity index (χ0v) is 13.3. The van der Waals surface area contributed by atoms with Gasteiger partial charge in [0.15, 0.2) is 0 Å². The summed E-state index contributed by atoms with van der Waals surface area (Å²) in [5.41, 5.74) is 9.35. The Morgan fingerprint density at radius 3 is 2.57 bits per heavy atom. The molecule has 0 unspecified atom stereocenters. The maximum absolute atomic E-state index is 12.7. The lowest BCUT2D eigenvalue weighted by molar-refractivity contribution is -0.124. The summed E-state index contributed by atoms with van der Waals surface area (Å²) in [6, 6.07) is 6.29. The summed E-state index contributed by atoms with van der Waals surface area (Å²) in [7, 11) is 0. The number of carbonyl (C=O) groups is 1. The fourth-order valence-electron chi connectivity index (χ4n) is 3.73. The van der Waals surface area contributed by atoms with Crippen LogP contribution in [0.3, 0.4) is 0 Å². The summed E-state index contributed by atoms with van der Waals surface area (Å²) in [6.45, 7) is 0.466.